The number of carbonyl (C=O) groups is 1. The molecule has 14 heavy (non-hydrogen) atoms. The van der Waals surface area contributed by atoms with Gasteiger partial charge in [-0.2, -0.15) is 11.8 Å². The van der Waals surface area contributed by atoms with E-state index in [1.165, 1.54) is 0 Å². The average Bonchev–Trinajstić information content (AvgIpc) is 2.21. The lowest BCUT2D eigenvalue weighted by molar-refractivity contribution is -0.119. The number of amides is 1. The molecule has 3 nitrogen and oxygen atoms in total. The zero-order valence-electron chi connectivity index (χ0n) is 9.21. The van der Waals surface area contributed by atoms with Crippen molar-refractivity contribution >= 4 is 17.7 Å². The molecule has 0 aliphatic carbocycles. The smallest absolute Gasteiger partial charge is 0.230 e. The molecule has 0 aliphatic heterocycles. The van der Waals surface area contributed by atoms with E-state index in [1.807, 2.05) is 0 Å². The predicted molar refractivity (Wildman–Crippen MR) is 63.5 cm³/mol. The van der Waals surface area contributed by atoms with Gasteiger partial charge in [-0.1, -0.05) is 13.8 Å². The lowest BCUT2D eigenvalue weighted by atomic mass is 10.2. The second kappa shape index (κ2) is 9.34. The maximum atomic E-state index is 11.4. The second-order valence-corrected chi connectivity index (χ2v) is 4.38. The van der Waals surface area contributed by atoms with Crippen molar-refractivity contribution < 1.29 is 4.79 Å². The van der Waals surface area contributed by atoms with E-state index >= 15 is 0 Å². The van der Waals surface area contributed by atoms with E-state index in [9.17, 15) is 4.79 Å². The third kappa shape index (κ3) is 7.21. The third-order valence-corrected chi connectivity index (χ3v) is 3.12. The van der Waals surface area contributed by atoms with Gasteiger partial charge in [0.25, 0.3) is 0 Å². The van der Waals surface area contributed by atoms with Crippen LogP contribution in [0.15, 0.2) is 0 Å². The first-order valence-electron chi connectivity index (χ1n) is 5.31. The minimum absolute atomic E-state index is 0.153. The van der Waals surface area contributed by atoms with Crippen molar-refractivity contribution in [2.45, 2.75) is 39.2 Å². The maximum Gasteiger partial charge on any atom is 0.230 e. The quantitative estimate of drug-likeness (QED) is 0.605. The van der Waals surface area contributed by atoms with Gasteiger partial charge >= 0.3 is 0 Å². The summed E-state index contributed by atoms with van der Waals surface area (Å²) in [5.41, 5.74) is 5.36. The van der Waals surface area contributed by atoms with Crippen molar-refractivity contribution in [2.24, 2.45) is 5.73 Å². The molecule has 1 amide bonds. The molecule has 0 unspecified atom stereocenters. The minimum atomic E-state index is 0.153. The molecule has 0 fully saturated rings. The fourth-order valence-electron chi connectivity index (χ4n) is 1.11. The van der Waals surface area contributed by atoms with Gasteiger partial charge in [-0.05, 0) is 31.6 Å². The molecule has 0 aromatic carbocycles. The molecule has 0 bridgehead atoms. The van der Waals surface area contributed by atoms with Gasteiger partial charge < -0.3 is 11.1 Å². The van der Waals surface area contributed by atoms with E-state index in [4.69, 9.17) is 5.73 Å². The standard InChI is InChI=1S/C10H22N2OS/c1-3-9(4-2)12-10(13)8-14-7-5-6-11/h9H,3-8,11H2,1-2H3,(H,12,13). The Labute approximate surface area is 91.2 Å². The summed E-state index contributed by atoms with van der Waals surface area (Å²) in [5, 5.41) is 3.00. The summed E-state index contributed by atoms with van der Waals surface area (Å²) < 4.78 is 0. The van der Waals surface area contributed by atoms with E-state index in [0.717, 1.165) is 25.0 Å². The molecular weight excluding hydrogens is 196 g/mol. The highest BCUT2D eigenvalue weighted by Crippen LogP contribution is 2.02. The van der Waals surface area contributed by atoms with Gasteiger partial charge in [-0.3, -0.25) is 4.79 Å². The monoisotopic (exact) mass is 218 g/mol. The van der Waals surface area contributed by atoms with Gasteiger partial charge in [0, 0.05) is 6.04 Å². The third-order valence-electron chi connectivity index (χ3n) is 2.08. The Morgan fingerprint density at radius 3 is 2.57 bits per heavy atom. The summed E-state index contributed by atoms with van der Waals surface area (Å²) in [6, 6.07) is 0.345. The van der Waals surface area contributed by atoms with Crippen molar-refractivity contribution in [2.75, 3.05) is 18.1 Å². The first-order valence-corrected chi connectivity index (χ1v) is 6.47. The normalized spacial score (nSPS) is 10.6. The van der Waals surface area contributed by atoms with E-state index < -0.39 is 0 Å². The molecule has 0 radical (unpaired) electrons. The van der Waals surface area contributed by atoms with Gasteiger partial charge in [0.2, 0.25) is 5.91 Å². The van der Waals surface area contributed by atoms with Crippen molar-refractivity contribution in [1.82, 2.24) is 5.32 Å². The van der Waals surface area contributed by atoms with E-state index in [0.29, 0.717) is 18.3 Å². The molecule has 0 atom stereocenters. The lowest BCUT2D eigenvalue weighted by Crippen LogP contribution is -2.35. The van der Waals surface area contributed by atoms with Crippen LogP contribution in [0.25, 0.3) is 0 Å². The van der Waals surface area contributed by atoms with Crippen LogP contribution in [0.3, 0.4) is 0 Å². The van der Waals surface area contributed by atoms with Crippen LogP contribution in [-0.4, -0.2) is 30.0 Å². The largest absolute Gasteiger partial charge is 0.353 e. The van der Waals surface area contributed by atoms with Crippen LogP contribution in [-0.2, 0) is 4.79 Å². The van der Waals surface area contributed by atoms with Crippen molar-refractivity contribution in [3.8, 4) is 0 Å². The molecule has 0 saturated heterocycles. The first kappa shape index (κ1) is 13.8. The fourth-order valence-corrected chi connectivity index (χ4v) is 1.90. The molecule has 0 heterocycles. The molecule has 0 aliphatic rings. The zero-order valence-corrected chi connectivity index (χ0v) is 10.0. The molecule has 84 valence electrons. The summed E-state index contributed by atoms with van der Waals surface area (Å²) in [7, 11) is 0. The van der Waals surface area contributed by atoms with Crippen LogP contribution in [0.5, 0.6) is 0 Å². The van der Waals surface area contributed by atoms with Crippen LogP contribution in [0.2, 0.25) is 0 Å². The van der Waals surface area contributed by atoms with Gasteiger partial charge in [0.05, 0.1) is 5.75 Å². The van der Waals surface area contributed by atoms with Gasteiger partial charge in [0.1, 0.15) is 0 Å². The Morgan fingerprint density at radius 2 is 2.07 bits per heavy atom. The predicted octanol–water partition coefficient (Wildman–Crippen LogP) is 1.37. The number of thioether (sulfide) groups is 1. The fraction of sp³-hybridized carbons (Fsp3) is 0.900. The summed E-state index contributed by atoms with van der Waals surface area (Å²) in [5.74, 6) is 1.70. The van der Waals surface area contributed by atoms with E-state index in [1.54, 1.807) is 11.8 Å². The van der Waals surface area contributed by atoms with Crippen LogP contribution >= 0.6 is 11.8 Å². The number of nitrogens with two attached hydrogens (primary N) is 1. The number of rotatable bonds is 8. The van der Waals surface area contributed by atoms with Crippen molar-refractivity contribution in [3.05, 3.63) is 0 Å². The Hall–Kier alpha value is -0.220. The van der Waals surface area contributed by atoms with Gasteiger partial charge in [-0.25, -0.2) is 0 Å². The Bertz CT molecular complexity index is 149. The molecule has 0 aromatic heterocycles. The van der Waals surface area contributed by atoms with Crippen LogP contribution in [0, 0.1) is 0 Å². The summed E-state index contributed by atoms with van der Waals surface area (Å²) in [6.07, 6.45) is 3.01. The SMILES string of the molecule is CCC(CC)NC(=O)CSCCCN. The van der Waals surface area contributed by atoms with Crippen molar-refractivity contribution in [1.29, 1.82) is 0 Å². The highest BCUT2D eigenvalue weighted by atomic mass is 32.2. The van der Waals surface area contributed by atoms with Crippen LogP contribution < -0.4 is 11.1 Å². The number of hydrogen-bond donors (Lipinski definition) is 2. The summed E-state index contributed by atoms with van der Waals surface area (Å²) >= 11 is 1.66. The highest BCUT2D eigenvalue weighted by Gasteiger charge is 2.07. The zero-order chi connectivity index (χ0) is 10.8. The van der Waals surface area contributed by atoms with Crippen molar-refractivity contribution in [3.63, 3.8) is 0 Å². The molecule has 0 spiro atoms. The van der Waals surface area contributed by atoms with E-state index in [2.05, 4.69) is 19.2 Å². The number of nitrogens with one attached hydrogen (secondary N) is 1. The average molecular weight is 218 g/mol. The maximum absolute atomic E-state index is 11.4. The molecule has 4 heteroatoms. The molecule has 0 aromatic rings. The first-order chi connectivity index (χ1) is 6.74. The topological polar surface area (TPSA) is 55.1 Å². The molecular formula is C10H22N2OS. The number of hydrogen-bond acceptors (Lipinski definition) is 3. The summed E-state index contributed by atoms with van der Waals surface area (Å²) in [6.45, 7) is 4.90. The van der Waals surface area contributed by atoms with Crippen LogP contribution in [0.1, 0.15) is 33.1 Å². The van der Waals surface area contributed by atoms with Gasteiger partial charge in [0.15, 0.2) is 0 Å². The lowest BCUT2D eigenvalue weighted by Gasteiger charge is -2.14. The Balaban J connectivity index is 3.44. The second-order valence-electron chi connectivity index (χ2n) is 3.28. The Kier molecular flexibility index (Phi) is 9.19. The minimum Gasteiger partial charge on any atom is -0.353 e. The van der Waals surface area contributed by atoms with Crippen LogP contribution in [0.4, 0.5) is 0 Å². The molecule has 0 rings (SSSR count). The van der Waals surface area contributed by atoms with E-state index in [-0.39, 0.29) is 5.91 Å². The molecule has 0 saturated carbocycles. The number of carbonyl (C=O) groups excluding carboxylic acids is 1. The Morgan fingerprint density at radius 1 is 1.43 bits per heavy atom. The summed E-state index contributed by atoms with van der Waals surface area (Å²) in [4.78, 5) is 11.4. The molecule has 3 N–H and O–H groups in total. The highest BCUT2D eigenvalue weighted by molar-refractivity contribution is 7.99. The van der Waals surface area contributed by atoms with Gasteiger partial charge in [-0.15, -0.1) is 0 Å².